The first-order chi connectivity index (χ1) is 9.26. The highest BCUT2D eigenvalue weighted by atomic mass is 16.5. The van der Waals surface area contributed by atoms with Crippen LogP contribution in [0, 0.1) is 5.92 Å². The van der Waals surface area contributed by atoms with E-state index in [0.717, 1.165) is 19.4 Å². The van der Waals surface area contributed by atoms with Gasteiger partial charge in [0.25, 0.3) is 0 Å². The molecular formula is C16H23NO2. The van der Waals surface area contributed by atoms with Gasteiger partial charge in [-0.15, -0.1) is 0 Å². The molecule has 0 aromatic heterocycles. The molecule has 4 aliphatic rings. The lowest BCUT2D eigenvalue weighted by Crippen LogP contribution is -2.61. The number of likely N-dealkylation sites (tertiary alicyclic amines) is 1. The van der Waals surface area contributed by atoms with Crippen LogP contribution in [0.15, 0.2) is 12.2 Å². The van der Waals surface area contributed by atoms with Gasteiger partial charge in [-0.3, -0.25) is 4.79 Å². The average Bonchev–Trinajstić information content (AvgIpc) is 2.88. The lowest BCUT2D eigenvalue weighted by Gasteiger charge is -2.53. The van der Waals surface area contributed by atoms with Crippen molar-refractivity contribution in [3.63, 3.8) is 0 Å². The molecule has 3 fully saturated rings. The van der Waals surface area contributed by atoms with E-state index >= 15 is 0 Å². The number of nitrogens with zero attached hydrogens (tertiary/aromatic N) is 1. The topological polar surface area (TPSA) is 29.5 Å². The fourth-order valence-electron chi connectivity index (χ4n) is 4.98. The van der Waals surface area contributed by atoms with Gasteiger partial charge in [-0.05, 0) is 31.6 Å². The Bertz CT molecular complexity index is 411. The summed E-state index contributed by atoms with van der Waals surface area (Å²) in [6.07, 6.45) is 15.8. The number of hydrogen-bond donors (Lipinski definition) is 0. The van der Waals surface area contributed by atoms with E-state index in [0.29, 0.717) is 12.0 Å². The van der Waals surface area contributed by atoms with E-state index in [4.69, 9.17) is 4.74 Å². The Hall–Kier alpha value is -0.830. The molecule has 1 amide bonds. The highest BCUT2D eigenvalue weighted by Crippen LogP contribution is 2.53. The Morgan fingerprint density at radius 1 is 1.21 bits per heavy atom. The molecule has 2 spiro atoms. The van der Waals surface area contributed by atoms with Crippen LogP contribution < -0.4 is 0 Å². The van der Waals surface area contributed by atoms with Crippen LogP contribution in [0.4, 0.5) is 0 Å². The van der Waals surface area contributed by atoms with E-state index in [-0.39, 0.29) is 11.1 Å². The van der Waals surface area contributed by atoms with Crippen LogP contribution in [0.5, 0.6) is 0 Å². The van der Waals surface area contributed by atoms with E-state index in [9.17, 15) is 4.79 Å². The molecule has 2 bridgehead atoms. The summed E-state index contributed by atoms with van der Waals surface area (Å²) in [6, 6.07) is 0. The van der Waals surface area contributed by atoms with Gasteiger partial charge in [0.15, 0.2) is 0 Å². The summed E-state index contributed by atoms with van der Waals surface area (Å²) < 4.78 is 6.15. The summed E-state index contributed by atoms with van der Waals surface area (Å²) in [5, 5.41) is 0. The molecule has 0 radical (unpaired) electrons. The van der Waals surface area contributed by atoms with Crippen LogP contribution in [0.25, 0.3) is 0 Å². The van der Waals surface area contributed by atoms with E-state index < -0.39 is 0 Å². The van der Waals surface area contributed by atoms with Gasteiger partial charge >= 0.3 is 0 Å². The van der Waals surface area contributed by atoms with Gasteiger partial charge < -0.3 is 9.64 Å². The predicted octanol–water partition coefficient (Wildman–Crippen LogP) is 2.66. The van der Waals surface area contributed by atoms with Crippen molar-refractivity contribution >= 4 is 6.41 Å². The third kappa shape index (κ3) is 1.63. The van der Waals surface area contributed by atoms with Crippen molar-refractivity contribution in [1.29, 1.82) is 0 Å². The highest BCUT2D eigenvalue weighted by Gasteiger charge is 2.58. The normalized spacial score (nSPS) is 43.3. The van der Waals surface area contributed by atoms with Crippen LogP contribution >= 0.6 is 0 Å². The largest absolute Gasteiger partial charge is 0.361 e. The number of fused-ring (bicyclic) bond motifs is 1. The van der Waals surface area contributed by atoms with Crippen molar-refractivity contribution in [2.75, 3.05) is 6.54 Å². The molecular weight excluding hydrogens is 238 g/mol. The van der Waals surface area contributed by atoms with E-state index in [1.54, 1.807) is 0 Å². The van der Waals surface area contributed by atoms with Crippen LogP contribution in [0.3, 0.4) is 0 Å². The number of piperidine rings is 1. The zero-order valence-electron chi connectivity index (χ0n) is 11.5. The number of rotatable bonds is 1. The first-order valence-corrected chi connectivity index (χ1v) is 7.86. The summed E-state index contributed by atoms with van der Waals surface area (Å²) >= 11 is 0. The Balaban J connectivity index is 1.66. The molecule has 104 valence electrons. The zero-order valence-corrected chi connectivity index (χ0v) is 11.5. The second-order valence-corrected chi connectivity index (χ2v) is 6.98. The number of ether oxygens (including phenoxy) is 1. The summed E-state index contributed by atoms with van der Waals surface area (Å²) in [4.78, 5) is 13.8. The molecule has 0 aromatic rings. The molecule has 3 aliphatic heterocycles. The van der Waals surface area contributed by atoms with Crippen molar-refractivity contribution in [3.8, 4) is 0 Å². The maximum absolute atomic E-state index is 11.7. The van der Waals surface area contributed by atoms with Crippen molar-refractivity contribution < 1.29 is 9.53 Å². The van der Waals surface area contributed by atoms with E-state index in [1.165, 1.54) is 44.9 Å². The van der Waals surface area contributed by atoms with E-state index in [2.05, 4.69) is 17.1 Å². The molecule has 19 heavy (non-hydrogen) atoms. The third-order valence-corrected chi connectivity index (χ3v) is 5.99. The van der Waals surface area contributed by atoms with Gasteiger partial charge in [0, 0.05) is 5.54 Å². The molecule has 2 saturated heterocycles. The maximum atomic E-state index is 11.7. The number of carbonyl (C=O) groups excluding carboxylic acids is 1. The lowest BCUT2D eigenvalue weighted by molar-refractivity contribution is -0.140. The van der Waals surface area contributed by atoms with Gasteiger partial charge in [-0.1, -0.05) is 37.8 Å². The zero-order chi connectivity index (χ0) is 12.9. The van der Waals surface area contributed by atoms with Crippen LogP contribution in [0.1, 0.15) is 51.4 Å². The standard InChI is InChI=1S/C16H23NO2/c18-12-17-11-16-8-5-14(19-16)9-13(16)10-15(17)6-3-1-2-4-7-15/h5,8,12-14H,1-4,6-7,9-11H2/t13-,14-,16-/m0/s1. The third-order valence-electron chi connectivity index (χ3n) is 5.99. The van der Waals surface area contributed by atoms with E-state index in [1.807, 2.05) is 0 Å². The second-order valence-electron chi connectivity index (χ2n) is 6.98. The van der Waals surface area contributed by atoms with Gasteiger partial charge in [0.05, 0.1) is 12.6 Å². The molecule has 3 heteroatoms. The van der Waals surface area contributed by atoms with Crippen LogP contribution in [-0.2, 0) is 9.53 Å². The molecule has 1 aliphatic carbocycles. The van der Waals surface area contributed by atoms with Crippen molar-refractivity contribution in [1.82, 2.24) is 4.90 Å². The van der Waals surface area contributed by atoms with Gasteiger partial charge in [-0.25, -0.2) is 0 Å². The fraction of sp³-hybridized carbons (Fsp3) is 0.812. The number of carbonyl (C=O) groups is 1. The minimum Gasteiger partial charge on any atom is -0.361 e. The SMILES string of the molecule is O=CN1C[C@@]23C=C[C@@H](C[C@H]2CC12CCCCCC2)O3. The molecule has 3 atom stereocenters. The molecule has 0 unspecified atom stereocenters. The van der Waals surface area contributed by atoms with Gasteiger partial charge in [0.2, 0.25) is 6.41 Å². The Kier molecular flexibility index (Phi) is 2.57. The molecule has 4 rings (SSSR count). The first kappa shape index (κ1) is 12.0. The predicted molar refractivity (Wildman–Crippen MR) is 72.7 cm³/mol. The fourth-order valence-corrected chi connectivity index (χ4v) is 4.98. The molecule has 0 aromatic carbocycles. The second kappa shape index (κ2) is 4.08. The van der Waals surface area contributed by atoms with Crippen molar-refractivity contribution in [2.45, 2.75) is 68.6 Å². The number of amides is 1. The monoisotopic (exact) mass is 261 g/mol. The maximum Gasteiger partial charge on any atom is 0.210 e. The first-order valence-electron chi connectivity index (χ1n) is 7.86. The summed E-state index contributed by atoms with van der Waals surface area (Å²) in [6.45, 7) is 0.786. The Morgan fingerprint density at radius 2 is 2.00 bits per heavy atom. The minimum absolute atomic E-state index is 0.136. The summed E-state index contributed by atoms with van der Waals surface area (Å²) in [5.41, 5.74) is 0.0129. The molecule has 0 N–H and O–H groups in total. The molecule has 3 heterocycles. The molecule has 1 saturated carbocycles. The average molecular weight is 261 g/mol. The Morgan fingerprint density at radius 3 is 2.68 bits per heavy atom. The number of hydrogen-bond acceptors (Lipinski definition) is 2. The minimum atomic E-state index is -0.136. The Labute approximate surface area is 115 Å². The van der Waals surface area contributed by atoms with Crippen LogP contribution in [0.2, 0.25) is 0 Å². The van der Waals surface area contributed by atoms with Gasteiger partial charge in [-0.2, -0.15) is 0 Å². The van der Waals surface area contributed by atoms with Crippen LogP contribution in [-0.4, -0.2) is 35.1 Å². The summed E-state index contributed by atoms with van der Waals surface area (Å²) in [5.74, 6) is 0.636. The lowest BCUT2D eigenvalue weighted by atomic mass is 9.68. The quantitative estimate of drug-likeness (QED) is 0.536. The van der Waals surface area contributed by atoms with Crippen molar-refractivity contribution in [3.05, 3.63) is 12.2 Å². The highest BCUT2D eigenvalue weighted by molar-refractivity contribution is 5.51. The van der Waals surface area contributed by atoms with Gasteiger partial charge in [0.1, 0.15) is 5.60 Å². The summed E-state index contributed by atoms with van der Waals surface area (Å²) in [7, 11) is 0. The van der Waals surface area contributed by atoms with Crippen molar-refractivity contribution in [2.24, 2.45) is 5.92 Å². The molecule has 3 nitrogen and oxygen atoms in total. The smallest absolute Gasteiger partial charge is 0.210 e.